The molecule has 0 saturated heterocycles. The molecule has 1 N–H and O–H groups in total. The van der Waals surface area contributed by atoms with Crippen molar-refractivity contribution in [3.63, 3.8) is 0 Å². The quantitative estimate of drug-likeness (QED) is 0.683. The number of halogens is 1. The minimum Gasteiger partial charge on any atom is -0.478 e. The molecule has 0 fully saturated rings. The van der Waals surface area contributed by atoms with E-state index in [1.165, 1.54) is 12.1 Å². The van der Waals surface area contributed by atoms with Gasteiger partial charge in [0.25, 0.3) is 5.91 Å². The molecule has 2 aromatic carbocycles. The van der Waals surface area contributed by atoms with E-state index in [0.29, 0.717) is 12.0 Å². The number of rotatable bonds is 4. The van der Waals surface area contributed by atoms with Crippen molar-refractivity contribution in [2.24, 2.45) is 0 Å². The van der Waals surface area contributed by atoms with Gasteiger partial charge in [-0.2, -0.15) is 0 Å². The van der Waals surface area contributed by atoms with E-state index in [-0.39, 0.29) is 18.0 Å². The van der Waals surface area contributed by atoms with E-state index in [2.05, 4.69) is 22.1 Å². The number of carbonyl (C=O) groups is 1. The third-order valence-corrected chi connectivity index (χ3v) is 3.90. The molecule has 5 heteroatoms. The summed E-state index contributed by atoms with van der Waals surface area (Å²) in [7, 11) is 0. The Kier molecular flexibility index (Phi) is 5.68. The van der Waals surface area contributed by atoms with Crippen molar-refractivity contribution >= 4 is 22.5 Å². The van der Waals surface area contributed by atoms with Crippen molar-refractivity contribution < 1.29 is 13.9 Å². The van der Waals surface area contributed by atoms with Crippen LogP contribution < -0.4 is 10.1 Å². The highest BCUT2D eigenvalue weighted by Crippen LogP contribution is 2.25. The summed E-state index contributed by atoms with van der Waals surface area (Å²) in [5, 5.41) is 3.44. The summed E-state index contributed by atoms with van der Waals surface area (Å²) >= 11 is 0. The van der Waals surface area contributed by atoms with Crippen LogP contribution in [-0.2, 0) is 0 Å². The first-order chi connectivity index (χ1) is 13.1. The summed E-state index contributed by atoms with van der Waals surface area (Å²) in [4.78, 5) is 16.9. The first-order valence-electron chi connectivity index (χ1n) is 8.64. The third-order valence-electron chi connectivity index (χ3n) is 3.90. The molecule has 0 atom stereocenters. The molecule has 136 valence electrons. The molecule has 4 nitrogen and oxygen atoms in total. The summed E-state index contributed by atoms with van der Waals surface area (Å²) in [6, 6.07) is 13.6. The number of carbonyl (C=O) groups excluding carboxylic acids is 1. The Morgan fingerprint density at radius 3 is 2.85 bits per heavy atom. The van der Waals surface area contributed by atoms with E-state index in [4.69, 9.17) is 4.74 Å². The number of fused-ring (bicyclic) bond motifs is 1. The highest BCUT2D eigenvalue weighted by atomic mass is 19.1. The monoisotopic (exact) mass is 362 g/mol. The fourth-order valence-electron chi connectivity index (χ4n) is 2.57. The zero-order valence-corrected chi connectivity index (χ0v) is 15.2. The summed E-state index contributed by atoms with van der Waals surface area (Å²) in [5.74, 6) is 4.66. The van der Waals surface area contributed by atoms with Crippen LogP contribution in [0.15, 0.2) is 48.5 Å². The molecule has 0 bridgehead atoms. The van der Waals surface area contributed by atoms with Crippen molar-refractivity contribution in [3.05, 3.63) is 65.6 Å². The predicted molar refractivity (Wildman–Crippen MR) is 104 cm³/mol. The normalized spacial score (nSPS) is 10.2. The van der Waals surface area contributed by atoms with Crippen LogP contribution in [0.5, 0.6) is 5.75 Å². The van der Waals surface area contributed by atoms with E-state index in [1.54, 1.807) is 24.3 Å². The predicted octanol–water partition coefficient (Wildman–Crippen LogP) is 4.73. The van der Waals surface area contributed by atoms with Gasteiger partial charge in [-0.15, -0.1) is 5.92 Å². The number of aryl methyl sites for hydroxylation is 1. The van der Waals surface area contributed by atoms with E-state index in [0.717, 1.165) is 16.6 Å². The lowest BCUT2D eigenvalue weighted by Crippen LogP contribution is -2.13. The maximum atomic E-state index is 14.6. The van der Waals surface area contributed by atoms with Gasteiger partial charge in [0.2, 0.25) is 0 Å². The number of pyridine rings is 1. The van der Waals surface area contributed by atoms with Crippen molar-refractivity contribution in [2.45, 2.75) is 20.3 Å². The van der Waals surface area contributed by atoms with Crippen LogP contribution >= 0.6 is 0 Å². The van der Waals surface area contributed by atoms with Gasteiger partial charge in [0.15, 0.2) is 11.6 Å². The Morgan fingerprint density at radius 1 is 1.19 bits per heavy atom. The first kappa shape index (κ1) is 18.4. The Balaban J connectivity index is 1.78. The number of hydrogen-bond acceptors (Lipinski definition) is 3. The second kappa shape index (κ2) is 8.33. The van der Waals surface area contributed by atoms with E-state index in [1.807, 2.05) is 26.0 Å². The molecule has 0 radical (unpaired) electrons. The molecule has 3 aromatic rings. The maximum Gasteiger partial charge on any atom is 0.255 e. The molecule has 0 aliphatic carbocycles. The lowest BCUT2D eigenvalue weighted by molar-refractivity contribution is 0.102. The number of benzene rings is 2. The van der Waals surface area contributed by atoms with Gasteiger partial charge < -0.3 is 10.1 Å². The van der Waals surface area contributed by atoms with E-state index >= 15 is 0 Å². The van der Waals surface area contributed by atoms with Crippen LogP contribution in [-0.4, -0.2) is 17.5 Å². The molecule has 0 aliphatic rings. The average molecular weight is 362 g/mol. The Hall–Kier alpha value is -3.39. The van der Waals surface area contributed by atoms with Crippen LogP contribution in [0.3, 0.4) is 0 Å². The highest BCUT2D eigenvalue weighted by molar-refractivity contribution is 6.06. The van der Waals surface area contributed by atoms with Gasteiger partial charge in [-0.3, -0.25) is 9.78 Å². The lowest BCUT2D eigenvalue weighted by Gasteiger charge is -2.10. The smallest absolute Gasteiger partial charge is 0.255 e. The fraction of sp³-hybridized carbons (Fsp3) is 0.182. The number of amides is 1. The van der Waals surface area contributed by atoms with Gasteiger partial charge >= 0.3 is 0 Å². The Labute approximate surface area is 157 Å². The van der Waals surface area contributed by atoms with Crippen LogP contribution in [0.1, 0.15) is 29.4 Å². The summed E-state index contributed by atoms with van der Waals surface area (Å²) in [5.41, 5.74) is 2.19. The summed E-state index contributed by atoms with van der Waals surface area (Å²) in [6.45, 7) is 3.93. The minimum atomic E-state index is -0.623. The topological polar surface area (TPSA) is 51.2 Å². The lowest BCUT2D eigenvalue weighted by atomic mass is 10.1. The number of hydrogen-bond donors (Lipinski definition) is 1. The molecule has 27 heavy (non-hydrogen) atoms. The van der Waals surface area contributed by atoms with Crippen LogP contribution in [0, 0.1) is 24.6 Å². The molecule has 1 heterocycles. The van der Waals surface area contributed by atoms with Gasteiger partial charge in [-0.25, -0.2) is 4.39 Å². The third kappa shape index (κ3) is 4.42. The number of anilines is 1. The van der Waals surface area contributed by atoms with Gasteiger partial charge in [-0.05, 0) is 43.3 Å². The largest absolute Gasteiger partial charge is 0.478 e. The second-order valence-electron chi connectivity index (χ2n) is 5.93. The zero-order chi connectivity index (χ0) is 19.2. The second-order valence-corrected chi connectivity index (χ2v) is 5.93. The Bertz CT molecular complexity index is 1050. The number of ether oxygens (including phenoxy) is 1. The fourth-order valence-corrected chi connectivity index (χ4v) is 2.57. The van der Waals surface area contributed by atoms with Crippen LogP contribution in [0.4, 0.5) is 10.1 Å². The number of nitrogens with zero attached hydrogens (tertiary/aromatic N) is 1. The van der Waals surface area contributed by atoms with Crippen molar-refractivity contribution in [1.29, 1.82) is 0 Å². The van der Waals surface area contributed by atoms with Gasteiger partial charge in [0.1, 0.15) is 6.61 Å². The molecular weight excluding hydrogens is 343 g/mol. The van der Waals surface area contributed by atoms with Crippen molar-refractivity contribution in [2.75, 3.05) is 11.9 Å². The molecule has 3 rings (SSSR count). The number of nitrogens with one attached hydrogen (secondary N) is 1. The molecular formula is C22H19FN2O2. The molecule has 0 spiro atoms. The average Bonchev–Trinajstić information content (AvgIpc) is 2.67. The molecule has 0 aliphatic heterocycles. The molecule has 1 aromatic heterocycles. The van der Waals surface area contributed by atoms with Gasteiger partial charge in [0, 0.05) is 23.1 Å². The molecule has 1 amide bonds. The SMILES string of the molecule is CCC#CCOc1cccc(NC(=O)c2ccc3nc(C)ccc3c2)c1F. The molecule has 0 saturated carbocycles. The number of aromatic nitrogens is 1. The van der Waals surface area contributed by atoms with Crippen LogP contribution in [0.25, 0.3) is 10.9 Å². The maximum absolute atomic E-state index is 14.6. The van der Waals surface area contributed by atoms with Gasteiger partial charge in [0.05, 0.1) is 11.2 Å². The summed E-state index contributed by atoms with van der Waals surface area (Å²) in [6.07, 6.45) is 0.711. The highest BCUT2D eigenvalue weighted by Gasteiger charge is 2.13. The standard InChI is InChI=1S/C22H19FN2O2/c1-3-4-5-13-27-20-8-6-7-19(21(20)23)25-22(26)17-11-12-18-16(14-17)10-9-15(2)24-18/h6-12,14H,3,13H2,1-2H3,(H,25,26). The van der Waals surface area contributed by atoms with Crippen molar-refractivity contribution in [1.82, 2.24) is 4.98 Å². The Morgan fingerprint density at radius 2 is 2.04 bits per heavy atom. The first-order valence-corrected chi connectivity index (χ1v) is 8.64. The van der Waals surface area contributed by atoms with Gasteiger partial charge in [-0.1, -0.05) is 25.0 Å². The van der Waals surface area contributed by atoms with E-state index in [9.17, 15) is 9.18 Å². The summed E-state index contributed by atoms with van der Waals surface area (Å²) < 4.78 is 19.9. The minimum absolute atomic E-state index is 0.0522. The van der Waals surface area contributed by atoms with Crippen molar-refractivity contribution in [3.8, 4) is 17.6 Å². The molecule has 0 unspecified atom stereocenters. The van der Waals surface area contributed by atoms with E-state index < -0.39 is 11.7 Å². The van der Waals surface area contributed by atoms with Crippen LogP contribution in [0.2, 0.25) is 0 Å². The zero-order valence-electron chi connectivity index (χ0n) is 15.2.